The molecule has 2 aromatic rings. The Balaban J connectivity index is 1.66. The van der Waals surface area contributed by atoms with E-state index >= 15 is 0 Å². The van der Waals surface area contributed by atoms with E-state index in [9.17, 15) is 0 Å². The van der Waals surface area contributed by atoms with E-state index in [4.69, 9.17) is 9.47 Å². The van der Waals surface area contributed by atoms with Gasteiger partial charge in [0.25, 0.3) is 0 Å². The fraction of sp³-hybridized carbons (Fsp3) is 0.333. The quantitative estimate of drug-likeness (QED) is 0.694. The van der Waals surface area contributed by atoms with Crippen molar-refractivity contribution >= 4 is 0 Å². The Morgan fingerprint density at radius 3 is 2.20 bits per heavy atom. The predicted octanol–water partition coefficient (Wildman–Crippen LogP) is 4.41. The van der Waals surface area contributed by atoms with Crippen LogP contribution in [0.4, 0.5) is 0 Å². The first kappa shape index (κ1) is 14.6. The lowest BCUT2D eigenvalue weighted by molar-refractivity contribution is 0.0889. The van der Waals surface area contributed by atoms with Gasteiger partial charge < -0.3 is 9.47 Å². The van der Waals surface area contributed by atoms with Crippen LogP contribution in [0.1, 0.15) is 30.9 Å². The van der Waals surface area contributed by atoms with E-state index in [0.717, 1.165) is 5.75 Å². The monoisotopic (exact) mass is 270 g/mol. The van der Waals surface area contributed by atoms with E-state index in [1.807, 2.05) is 30.3 Å². The molecule has 106 valence electrons. The smallest absolute Gasteiger partial charge is 0.119 e. The minimum Gasteiger partial charge on any atom is -0.491 e. The minimum atomic E-state index is 0.554. The summed E-state index contributed by atoms with van der Waals surface area (Å²) in [5.41, 5.74) is 2.52. The molecular formula is C18H22O2. The summed E-state index contributed by atoms with van der Waals surface area (Å²) in [6.07, 6.45) is 0. The molecule has 2 heteroatoms. The highest BCUT2D eigenvalue weighted by atomic mass is 16.5. The van der Waals surface area contributed by atoms with Gasteiger partial charge in [-0.3, -0.25) is 0 Å². The summed E-state index contributed by atoms with van der Waals surface area (Å²) >= 11 is 0. The van der Waals surface area contributed by atoms with Gasteiger partial charge in [0, 0.05) is 0 Å². The van der Waals surface area contributed by atoms with Crippen LogP contribution in [0.2, 0.25) is 0 Å². The van der Waals surface area contributed by atoms with Crippen LogP contribution in [-0.4, -0.2) is 13.2 Å². The van der Waals surface area contributed by atoms with Gasteiger partial charge in [0.2, 0.25) is 0 Å². The van der Waals surface area contributed by atoms with Crippen molar-refractivity contribution in [1.82, 2.24) is 0 Å². The molecule has 0 atom stereocenters. The standard InChI is InChI=1S/C18H22O2/c1-15(2)17-8-10-18(11-9-17)20-13-12-19-14-16-6-4-3-5-7-16/h3-11,15H,12-14H2,1-2H3. The summed E-state index contributed by atoms with van der Waals surface area (Å²) in [5.74, 6) is 1.45. The van der Waals surface area contributed by atoms with Gasteiger partial charge in [-0.1, -0.05) is 56.3 Å². The van der Waals surface area contributed by atoms with Gasteiger partial charge in [0.05, 0.1) is 13.2 Å². The van der Waals surface area contributed by atoms with Gasteiger partial charge in [-0.25, -0.2) is 0 Å². The number of hydrogen-bond acceptors (Lipinski definition) is 2. The van der Waals surface area contributed by atoms with Crippen molar-refractivity contribution in [2.75, 3.05) is 13.2 Å². The molecule has 0 fully saturated rings. The second-order valence-corrected chi connectivity index (χ2v) is 5.11. The molecule has 0 aliphatic heterocycles. The van der Waals surface area contributed by atoms with Gasteiger partial charge in [-0.15, -0.1) is 0 Å². The Bertz CT molecular complexity index is 489. The number of hydrogen-bond donors (Lipinski definition) is 0. The van der Waals surface area contributed by atoms with Crippen molar-refractivity contribution in [3.63, 3.8) is 0 Å². The van der Waals surface area contributed by atoms with E-state index in [1.165, 1.54) is 11.1 Å². The Morgan fingerprint density at radius 2 is 1.55 bits per heavy atom. The lowest BCUT2D eigenvalue weighted by Gasteiger charge is -2.09. The molecule has 0 bridgehead atoms. The zero-order valence-electron chi connectivity index (χ0n) is 12.2. The minimum absolute atomic E-state index is 0.554. The number of ether oxygens (including phenoxy) is 2. The molecule has 0 aliphatic rings. The van der Waals surface area contributed by atoms with E-state index < -0.39 is 0 Å². The molecule has 0 heterocycles. The summed E-state index contributed by atoms with van der Waals surface area (Å²) < 4.78 is 11.2. The van der Waals surface area contributed by atoms with Gasteiger partial charge in [0.1, 0.15) is 12.4 Å². The van der Waals surface area contributed by atoms with Gasteiger partial charge in [-0.05, 0) is 29.2 Å². The topological polar surface area (TPSA) is 18.5 Å². The largest absolute Gasteiger partial charge is 0.491 e. The molecule has 2 aromatic carbocycles. The van der Waals surface area contributed by atoms with Crippen LogP contribution in [0.25, 0.3) is 0 Å². The maximum Gasteiger partial charge on any atom is 0.119 e. The van der Waals surface area contributed by atoms with Gasteiger partial charge in [-0.2, -0.15) is 0 Å². The Hall–Kier alpha value is -1.80. The SMILES string of the molecule is CC(C)c1ccc(OCCOCc2ccccc2)cc1. The van der Waals surface area contributed by atoms with Crippen LogP contribution in [0.15, 0.2) is 54.6 Å². The molecule has 0 unspecified atom stereocenters. The third-order valence-electron chi connectivity index (χ3n) is 3.15. The molecule has 0 saturated carbocycles. The molecular weight excluding hydrogens is 248 g/mol. The summed E-state index contributed by atoms with van der Waals surface area (Å²) in [5, 5.41) is 0. The molecule has 0 saturated heterocycles. The first-order valence-electron chi connectivity index (χ1n) is 7.10. The molecule has 2 nitrogen and oxygen atoms in total. The highest BCUT2D eigenvalue weighted by molar-refractivity contribution is 5.28. The summed E-state index contributed by atoms with van der Waals surface area (Å²) in [6.45, 7) is 6.19. The average molecular weight is 270 g/mol. The van der Waals surface area contributed by atoms with E-state index in [-0.39, 0.29) is 0 Å². The first-order chi connectivity index (χ1) is 9.75. The van der Waals surface area contributed by atoms with Crippen molar-refractivity contribution in [3.8, 4) is 5.75 Å². The van der Waals surface area contributed by atoms with Crippen molar-refractivity contribution in [2.45, 2.75) is 26.4 Å². The lowest BCUT2D eigenvalue weighted by atomic mass is 10.0. The molecule has 0 amide bonds. The molecule has 0 aromatic heterocycles. The summed E-state index contributed by atoms with van der Waals surface area (Å²) in [6, 6.07) is 18.4. The van der Waals surface area contributed by atoms with Crippen molar-refractivity contribution in [1.29, 1.82) is 0 Å². The first-order valence-corrected chi connectivity index (χ1v) is 7.10. The predicted molar refractivity (Wildman–Crippen MR) is 82.1 cm³/mol. The molecule has 0 spiro atoms. The summed E-state index contributed by atoms with van der Waals surface area (Å²) in [4.78, 5) is 0. The van der Waals surface area contributed by atoms with E-state index in [2.05, 4.69) is 38.1 Å². The van der Waals surface area contributed by atoms with Gasteiger partial charge >= 0.3 is 0 Å². The van der Waals surface area contributed by atoms with Crippen LogP contribution >= 0.6 is 0 Å². The molecule has 0 N–H and O–H groups in total. The van der Waals surface area contributed by atoms with Crippen LogP contribution in [0, 0.1) is 0 Å². The Labute approximate surface area is 121 Å². The Kier molecular flexibility index (Phi) is 5.63. The normalized spacial score (nSPS) is 10.8. The average Bonchev–Trinajstić information content (AvgIpc) is 2.48. The number of benzene rings is 2. The fourth-order valence-corrected chi connectivity index (χ4v) is 1.93. The van der Waals surface area contributed by atoms with Crippen molar-refractivity contribution in [2.24, 2.45) is 0 Å². The van der Waals surface area contributed by atoms with Crippen molar-refractivity contribution in [3.05, 3.63) is 65.7 Å². The zero-order chi connectivity index (χ0) is 14.2. The second kappa shape index (κ2) is 7.71. The van der Waals surface area contributed by atoms with E-state index in [0.29, 0.717) is 25.7 Å². The highest BCUT2D eigenvalue weighted by Crippen LogP contribution is 2.18. The molecule has 2 rings (SSSR count). The third kappa shape index (κ3) is 4.71. The van der Waals surface area contributed by atoms with Crippen molar-refractivity contribution < 1.29 is 9.47 Å². The molecule has 20 heavy (non-hydrogen) atoms. The number of rotatable bonds is 7. The lowest BCUT2D eigenvalue weighted by Crippen LogP contribution is -2.06. The highest BCUT2D eigenvalue weighted by Gasteiger charge is 1.99. The molecule has 0 radical (unpaired) electrons. The van der Waals surface area contributed by atoms with E-state index in [1.54, 1.807) is 0 Å². The van der Waals surface area contributed by atoms with Crippen LogP contribution in [-0.2, 0) is 11.3 Å². The second-order valence-electron chi connectivity index (χ2n) is 5.11. The Morgan fingerprint density at radius 1 is 0.850 bits per heavy atom. The maximum absolute atomic E-state index is 5.65. The zero-order valence-corrected chi connectivity index (χ0v) is 12.2. The van der Waals surface area contributed by atoms with Gasteiger partial charge in [0.15, 0.2) is 0 Å². The maximum atomic E-state index is 5.65. The molecule has 0 aliphatic carbocycles. The third-order valence-corrected chi connectivity index (χ3v) is 3.15. The van der Waals surface area contributed by atoms with Crippen LogP contribution < -0.4 is 4.74 Å². The van der Waals surface area contributed by atoms with Crippen LogP contribution in [0.3, 0.4) is 0 Å². The summed E-state index contributed by atoms with van der Waals surface area (Å²) in [7, 11) is 0. The fourth-order valence-electron chi connectivity index (χ4n) is 1.93. The van der Waals surface area contributed by atoms with Crippen LogP contribution in [0.5, 0.6) is 5.75 Å².